The zero-order valence-corrected chi connectivity index (χ0v) is 15.3. The number of hydrogen-bond donors (Lipinski definition) is 0. The maximum Gasteiger partial charge on any atom is 0.411 e. The van der Waals surface area contributed by atoms with E-state index in [9.17, 15) is 9.59 Å². The van der Waals surface area contributed by atoms with Crippen molar-refractivity contribution in [2.45, 2.75) is 32.0 Å². The lowest BCUT2D eigenvalue weighted by Crippen LogP contribution is -2.52. The SMILES string of the molecule is CC/C=C/[C@H]1C(=O)OC[C@H](c2ccccc2)N1C(=O)OCc1ccccc1. The van der Waals surface area contributed by atoms with Crippen molar-refractivity contribution in [1.29, 1.82) is 0 Å². The van der Waals surface area contributed by atoms with E-state index < -0.39 is 24.1 Å². The van der Waals surface area contributed by atoms with Gasteiger partial charge in [0.15, 0.2) is 6.04 Å². The second-order valence-electron chi connectivity index (χ2n) is 6.29. The van der Waals surface area contributed by atoms with Gasteiger partial charge < -0.3 is 9.47 Å². The van der Waals surface area contributed by atoms with E-state index in [1.165, 1.54) is 4.90 Å². The van der Waals surface area contributed by atoms with Gasteiger partial charge in [-0.2, -0.15) is 0 Å². The maximum absolute atomic E-state index is 12.9. The standard InChI is InChI=1S/C22H23NO4/c1-2-3-14-19-21(24)26-16-20(18-12-8-5-9-13-18)23(19)22(25)27-15-17-10-6-4-7-11-17/h3-14,19-20H,2,15-16H2,1H3/b14-3+/t19-,20+/m0/s1. The zero-order valence-electron chi connectivity index (χ0n) is 15.3. The van der Waals surface area contributed by atoms with Gasteiger partial charge in [0.2, 0.25) is 0 Å². The van der Waals surface area contributed by atoms with E-state index in [1.807, 2.05) is 73.7 Å². The number of benzene rings is 2. The molecular weight excluding hydrogens is 342 g/mol. The number of morpholine rings is 1. The van der Waals surface area contributed by atoms with Crippen molar-refractivity contribution in [3.8, 4) is 0 Å². The molecule has 27 heavy (non-hydrogen) atoms. The number of amides is 1. The summed E-state index contributed by atoms with van der Waals surface area (Å²) in [5.74, 6) is -0.441. The molecule has 0 unspecified atom stereocenters. The molecule has 0 bridgehead atoms. The van der Waals surface area contributed by atoms with Gasteiger partial charge in [-0.25, -0.2) is 9.59 Å². The first-order valence-electron chi connectivity index (χ1n) is 9.08. The average Bonchev–Trinajstić information content (AvgIpc) is 2.72. The first-order valence-corrected chi connectivity index (χ1v) is 9.08. The van der Waals surface area contributed by atoms with Gasteiger partial charge in [-0.3, -0.25) is 4.90 Å². The highest BCUT2D eigenvalue weighted by molar-refractivity contribution is 5.84. The molecule has 0 aliphatic carbocycles. The van der Waals surface area contributed by atoms with E-state index in [1.54, 1.807) is 6.08 Å². The highest BCUT2D eigenvalue weighted by atomic mass is 16.6. The summed E-state index contributed by atoms with van der Waals surface area (Å²) in [6.45, 7) is 2.23. The Morgan fingerprint density at radius 3 is 2.48 bits per heavy atom. The van der Waals surface area contributed by atoms with Crippen LogP contribution in [0, 0.1) is 0 Å². The lowest BCUT2D eigenvalue weighted by atomic mass is 10.0. The highest BCUT2D eigenvalue weighted by Gasteiger charge is 2.41. The minimum Gasteiger partial charge on any atom is -0.461 e. The first kappa shape index (κ1) is 18.7. The van der Waals surface area contributed by atoms with Crippen molar-refractivity contribution in [2.75, 3.05) is 6.61 Å². The molecule has 0 saturated carbocycles. The van der Waals surface area contributed by atoms with Gasteiger partial charge in [0, 0.05) is 0 Å². The fourth-order valence-corrected chi connectivity index (χ4v) is 3.04. The quantitative estimate of drug-likeness (QED) is 0.587. The summed E-state index contributed by atoms with van der Waals surface area (Å²) in [5, 5.41) is 0. The summed E-state index contributed by atoms with van der Waals surface area (Å²) in [7, 11) is 0. The third-order valence-corrected chi connectivity index (χ3v) is 4.41. The summed E-state index contributed by atoms with van der Waals surface area (Å²) >= 11 is 0. The molecule has 1 aliphatic heterocycles. The molecule has 1 fully saturated rings. The Balaban J connectivity index is 1.85. The number of cyclic esters (lactones) is 1. The smallest absolute Gasteiger partial charge is 0.411 e. The maximum atomic E-state index is 12.9. The fourth-order valence-electron chi connectivity index (χ4n) is 3.04. The fraction of sp³-hybridized carbons (Fsp3) is 0.273. The molecule has 0 spiro atoms. The third-order valence-electron chi connectivity index (χ3n) is 4.41. The Kier molecular flexibility index (Phi) is 6.26. The van der Waals surface area contributed by atoms with E-state index in [-0.39, 0.29) is 13.2 Å². The van der Waals surface area contributed by atoms with Gasteiger partial charge in [0.05, 0.1) is 6.04 Å². The Morgan fingerprint density at radius 1 is 1.15 bits per heavy atom. The molecular formula is C22H23NO4. The van der Waals surface area contributed by atoms with Crippen LogP contribution in [0.15, 0.2) is 72.8 Å². The van der Waals surface area contributed by atoms with Crippen LogP contribution in [-0.2, 0) is 20.9 Å². The molecule has 2 atom stereocenters. The average molecular weight is 365 g/mol. The topological polar surface area (TPSA) is 55.8 Å². The molecule has 5 nitrogen and oxygen atoms in total. The van der Waals surface area contributed by atoms with E-state index in [0.717, 1.165) is 17.5 Å². The molecule has 5 heteroatoms. The van der Waals surface area contributed by atoms with Crippen molar-refractivity contribution in [1.82, 2.24) is 4.90 Å². The number of hydrogen-bond acceptors (Lipinski definition) is 4. The van der Waals surface area contributed by atoms with Gasteiger partial charge in [0.25, 0.3) is 0 Å². The highest BCUT2D eigenvalue weighted by Crippen LogP contribution is 2.29. The Morgan fingerprint density at radius 2 is 1.81 bits per heavy atom. The van der Waals surface area contributed by atoms with Crippen LogP contribution in [0.3, 0.4) is 0 Å². The van der Waals surface area contributed by atoms with Crippen LogP contribution < -0.4 is 0 Å². The minimum absolute atomic E-state index is 0.111. The van der Waals surface area contributed by atoms with E-state index in [2.05, 4.69) is 0 Å². The van der Waals surface area contributed by atoms with Gasteiger partial charge in [-0.15, -0.1) is 0 Å². The molecule has 1 aliphatic rings. The normalized spacial score (nSPS) is 19.7. The van der Waals surface area contributed by atoms with Crippen molar-refractivity contribution in [3.05, 3.63) is 83.9 Å². The molecule has 1 amide bonds. The van der Waals surface area contributed by atoms with Crippen molar-refractivity contribution >= 4 is 12.1 Å². The Labute approximate surface area is 159 Å². The van der Waals surface area contributed by atoms with Crippen molar-refractivity contribution in [2.24, 2.45) is 0 Å². The van der Waals surface area contributed by atoms with Crippen LogP contribution in [0.1, 0.15) is 30.5 Å². The van der Waals surface area contributed by atoms with E-state index in [0.29, 0.717) is 0 Å². The molecule has 0 aromatic heterocycles. The molecule has 140 valence electrons. The van der Waals surface area contributed by atoms with Crippen LogP contribution in [-0.4, -0.2) is 29.6 Å². The number of ether oxygens (including phenoxy) is 2. The number of esters is 1. The number of allylic oxidation sites excluding steroid dienone is 1. The van der Waals surface area contributed by atoms with E-state index >= 15 is 0 Å². The lowest BCUT2D eigenvalue weighted by Gasteiger charge is -2.38. The van der Waals surface area contributed by atoms with Crippen LogP contribution in [0.25, 0.3) is 0 Å². The molecule has 2 aromatic carbocycles. The van der Waals surface area contributed by atoms with Crippen LogP contribution in [0.2, 0.25) is 0 Å². The predicted molar refractivity (Wildman–Crippen MR) is 102 cm³/mol. The summed E-state index contributed by atoms with van der Waals surface area (Å²) in [6, 6.07) is 17.8. The largest absolute Gasteiger partial charge is 0.461 e. The van der Waals surface area contributed by atoms with Crippen LogP contribution in [0.5, 0.6) is 0 Å². The van der Waals surface area contributed by atoms with E-state index in [4.69, 9.17) is 9.47 Å². The van der Waals surface area contributed by atoms with Gasteiger partial charge in [0.1, 0.15) is 13.2 Å². The molecule has 2 aromatic rings. The second-order valence-corrected chi connectivity index (χ2v) is 6.29. The van der Waals surface area contributed by atoms with Crippen molar-refractivity contribution in [3.63, 3.8) is 0 Å². The Bertz CT molecular complexity index is 788. The summed E-state index contributed by atoms with van der Waals surface area (Å²) in [6.07, 6.45) is 3.79. The molecule has 3 rings (SSSR count). The minimum atomic E-state index is -0.799. The summed E-state index contributed by atoms with van der Waals surface area (Å²) in [5.41, 5.74) is 1.79. The zero-order chi connectivity index (χ0) is 19.1. The number of carbonyl (C=O) groups excluding carboxylic acids is 2. The lowest BCUT2D eigenvalue weighted by molar-refractivity contribution is -0.158. The Hall–Kier alpha value is -3.08. The summed E-state index contributed by atoms with van der Waals surface area (Å²) < 4.78 is 10.9. The second kappa shape index (κ2) is 9.03. The number of rotatable bonds is 5. The monoisotopic (exact) mass is 365 g/mol. The van der Waals surface area contributed by atoms with Gasteiger partial charge >= 0.3 is 12.1 Å². The molecule has 1 saturated heterocycles. The van der Waals surface area contributed by atoms with Gasteiger partial charge in [-0.05, 0) is 17.5 Å². The molecule has 0 N–H and O–H groups in total. The predicted octanol–water partition coefficient (Wildman–Crippen LogP) is 4.26. The summed E-state index contributed by atoms with van der Waals surface area (Å²) in [4.78, 5) is 26.8. The van der Waals surface area contributed by atoms with Crippen LogP contribution in [0.4, 0.5) is 4.79 Å². The van der Waals surface area contributed by atoms with Gasteiger partial charge in [-0.1, -0.05) is 79.7 Å². The molecule has 0 radical (unpaired) electrons. The number of nitrogens with zero attached hydrogens (tertiary/aromatic N) is 1. The molecule has 1 heterocycles. The number of carbonyl (C=O) groups is 2. The van der Waals surface area contributed by atoms with Crippen molar-refractivity contribution < 1.29 is 19.1 Å². The van der Waals surface area contributed by atoms with Crippen LogP contribution >= 0.6 is 0 Å². The first-order chi connectivity index (χ1) is 13.2. The third kappa shape index (κ3) is 4.56.